The third kappa shape index (κ3) is 3.58. The van der Waals surface area contributed by atoms with Gasteiger partial charge in [-0.25, -0.2) is 9.78 Å². The molecule has 0 amide bonds. The molecular formula is C18H14ClNO3S. The van der Waals surface area contributed by atoms with Crippen LogP contribution in [0.2, 0.25) is 5.02 Å². The Morgan fingerprint density at radius 3 is 2.79 bits per heavy atom. The van der Waals surface area contributed by atoms with Gasteiger partial charge in [-0.2, -0.15) is 0 Å². The largest absolute Gasteiger partial charge is 0.488 e. The second-order valence-electron chi connectivity index (χ2n) is 5.20. The lowest BCUT2D eigenvalue weighted by Crippen LogP contribution is -1.99. The third-order valence-electron chi connectivity index (χ3n) is 3.54. The fourth-order valence-electron chi connectivity index (χ4n) is 2.22. The van der Waals surface area contributed by atoms with E-state index in [9.17, 15) is 4.79 Å². The normalized spacial score (nSPS) is 10.6. The molecule has 1 N–H and O–H groups in total. The van der Waals surface area contributed by atoms with Gasteiger partial charge >= 0.3 is 5.97 Å². The first-order valence-electron chi connectivity index (χ1n) is 7.20. The fraction of sp³-hybridized carbons (Fsp3) is 0.111. The predicted octanol–water partition coefficient (Wildman–Crippen LogP) is 5.05. The number of ether oxygens (including phenoxy) is 1. The molecule has 0 aliphatic heterocycles. The van der Waals surface area contributed by atoms with Crippen molar-refractivity contribution >= 4 is 28.9 Å². The van der Waals surface area contributed by atoms with Crippen molar-refractivity contribution in [2.45, 2.75) is 13.5 Å². The number of hydrogen-bond acceptors (Lipinski definition) is 4. The molecule has 0 fully saturated rings. The first-order valence-corrected chi connectivity index (χ1v) is 8.46. The van der Waals surface area contributed by atoms with Crippen LogP contribution in [0.4, 0.5) is 0 Å². The maximum atomic E-state index is 11.0. The number of carboxylic acids is 1. The molecule has 3 rings (SSSR count). The summed E-state index contributed by atoms with van der Waals surface area (Å²) >= 11 is 7.33. The summed E-state index contributed by atoms with van der Waals surface area (Å²) in [6.07, 6.45) is 0. The van der Waals surface area contributed by atoms with Crippen LogP contribution in [-0.2, 0) is 6.61 Å². The summed E-state index contributed by atoms with van der Waals surface area (Å²) in [6, 6.07) is 13.2. The topological polar surface area (TPSA) is 59.4 Å². The molecule has 4 nitrogen and oxygen atoms in total. The molecule has 2 aromatic carbocycles. The Bertz CT molecular complexity index is 891. The van der Waals surface area contributed by atoms with Crippen LogP contribution >= 0.6 is 22.9 Å². The van der Waals surface area contributed by atoms with Gasteiger partial charge in [0, 0.05) is 10.4 Å². The number of carbonyl (C=O) groups is 1. The summed E-state index contributed by atoms with van der Waals surface area (Å²) in [6.45, 7) is 2.44. The van der Waals surface area contributed by atoms with Gasteiger partial charge < -0.3 is 9.84 Å². The zero-order valence-electron chi connectivity index (χ0n) is 12.8. The van der Waals surface area contributed by atoms with E-state index in [2.05, 4.69) is 4.98 Å². The van der Waals surface area contributed by atoms with E-state index in [0.717, 1.165) is 11.1 Å². The van der Waals surface area contributed by atoms with Crippen molar-refractivity contribution in [3.05, 3.63) is 69.7 Å². The number of rotatable bonds is 5. The Labute approximate surface area is 148 Å². The van der Waals surface area contributed by atoms with E-state index in [1.165, 1.54) is 16.7 Å². The number of carboxylic acid groups (broad SMARTS) is 1. The molecule has 0 atom stereocenters. The Balaban J connectivity index is 1.90. The number of thiazole rings is 1. The maximum Gasteiger partial charge on any atom is 0.355 e. The molecule has 1 aromatic heterocycles. The molecule has 6 heteroatoms. The average molecular weight is 360 g/mol. The Hall–Kier alpha value is -2.37. The zero-order chi connectivity index (χ0) is 17.1. The van der Waals surface area contributed by atoms with Gasteiger partial charge in [-0.15, -0.1) is 11.3 Å². The predicted molar refractivity (Wildman–Crippen MR) is 95.0 cm³/mol. The smallest absolute Gasteiger partial charge is 0.355 e. The monoisotopic (exact) mass is 359 g/mol. The summed E-state index contributed by atoms with van der Waals surface area (Å²) < 4.78 is 5.94. The summed E-state index contributed by atoms with van der Waals surface area (Å²) in [7, 11) is 0. The number of aromatic nitrogens is 1. The molecule has 0 saturated heterocycles. The number of halogens is 1. The quantitative estimate of drug-likeness (QED) is 0.692. The summed E-state index contributed by atoms with van der Waals surface area (Å²) in [4.78, 5) is 15.2. The number of hydrogen-bond donors (Lipinski definition) is 1. The lowest BCUT2D eigenvalue weighted by atomic mass is 10.1. The molecule has 24 heavy (non-hydrogen) atoms. The number of aryl methyl sites for hydroxylation is 1. The van der Waals surface area contributed by atoms with E-state index in [1.54, 1.807) is 18.2 Å². The lowest BCUT2D eigenvalue weighted by Gasteiger charge is -2.12. The average Bonchev–Trinajstić information content (AvgIpc) is 3.05. The van der Waals surface area contributed by atoms with Gasteiger partial charge in [0.05, 0.1) is 5.56 Å². The standard InChI is InChI=1S/C18H14ClNO3S/c1-11-4-2-3-5-12(11)9-23-16-7-6-13(19)8-14(16)17-20-15(10-24-17)18(21)22/h2-8,10H,9H2,1H3,(H,21,22). The van der Waals surface area contributed by atoms with Crippen LogP contribution in [0.3, 0.4) is 0 Å². The molecular weight excluding hydrogens is 346 g/mol. The van der Waals surface area contributed by atoms with Crippen LogP contribution in [0.1, 0.15) is 21.6 Å². The molecule has 0 aliphatic rings. The van der Waals surface area contributed by atoms with E-state index in [0.29, 0.717) is 28.0 Å². The molecule has 122 valence electrons. The van der Waals surface area contributed by atoms with Crippen LogP contribution in [-0.4, -0.2) is 16.1 Å². The van der Waals surface area contributed by atoms with Crippen molar-refractivity contribution in [2.75, 3.05) is 0 Å². The molecule has 0 aliphatic carbocycles. The minimum Gasteiger partial charge on any atom is -0.488 e. The molecule has 1 heterocycles. The first kappa shape index (κ1) is 16.5. The minimum atomic E-state index is -1.05. The highest BCUT2D eigenvalue weighted by Gasteiger charge is 2.15. The van der Waals surface area contributed by atoms with Gasteiger partial charge in [0.15, 0.2) is 5.69 Å². The van der Waals surface area contributed by atoms with E-state index in [4.69, 9.17) is 21.4 Å². The SMILES string of the molecule is Cc1ccccc1COc1ccc(Cl)cc1-c1nc(C(=O)O)cs1. The molecule has 0 saturated carbocycles. The summed E-state index contributed by atoms with van der Waals surface area (Å²) in [5.74, 6) is -0.434. The van der Waals surface area contributed by atoms with Crippen LogP contribution in [0.15, 0.2) is 47.8 Å². The highest BCUT2D eigenvalue weighted by Crippen LogP contribution is 2.35. The van der Waals surface area contributed by atoms with Crippen LogP contribution in [0.25, 0.3) is 10.6 Å². The molecule has 0 spiro atoms. The number of benzene rings is 2. The van der Waals surface area contributed by atoms with Gasteiger partial charge in [0.2, 0.25) is 0 Å². The van der Waals surface area contributed by atoms with Crippen molar-refractivity contribution in [1.29, 1.82) is 0 Å². The second kappa shape index (κ2) is 7.03. The van der Waals surface area contributed by atoms with E-state index in [-0.39, 0.29) is 5.69 Å². The van der Waals surface area contributed by atoms with Crippen molar-refractivity contribution in [3.8, 4) is 16.3 Å². The Morgan fingerprint density at radius 2 is 2.08 bits per heavy atom. The Kier molecular flexibility index (Phi) is 4.83. The van der Waals surface area contributed by atoms with Crippen LogP contribution in [0.5, 0.6) is 5.75 Å². The van der Waals surface area contributed by atoms with Crippen molar-refractivity contribution in [1.82, 2.24) is 4.98 Å². The second-order valence-corrected chi connectivity index (χ2v) is 6.49. The Morgan fingerprint density at radius 1 is 1.29 bits per heavy atom. The van der Waals surface area contributed by atoms with Crippen molar-refractivity contribution in [2.24, 2.45) is 0 Å². The highest BCUT2D eigenvalue weighted by molar-refractivity contribution is 7.13. The third-order valence-corrected chi connectivity index (χ3v) is 4.65. The van der Waals surface area contributed by atoms with E-state index < -0.39 is 5.97 Å². The minimum absolute atomic E-state index is 0.0137. The maximum absolute atomic E-state index is 11.0. The molecule has 3 aromatic rings. The van der Waals surface area contributed by atoms with E-state index in [1.807, 2.05) is 31.2 Å². The van der Waals surface area contributed by atoms with Crippen LogP contribution < -0.4 is 4.74 Å². The van der Waals surface area contributed by atoms with Gasteiger partial charge in [0.1, 0.15) is 17.4 Å². The van der Waals surface area contributed by atoms with Crippen LogP contribution in [0, 0.1) is 6.92 Å². The highest BCUT2D eigenvalue weighted by atomic mass is 35.5. The lowest BCUT2D eigenvalue weighted by molar-refractivity contribution is 0.0691. The zero-order valence-corrected chi connectivity index (χ0v) is 14.4. The van der Waals surface area contributed by atoms with Crippen molar-refractivity contribution < 1.29 is 14.6 Å². The number of aromatic carboxylic acids is 1. The van der Waals surface area contributed by atoms with Gasteiger partial charge in [-0.05, 0) is 36.2 Å². The van der Waals surface area contributed by atoms with Gasteiger partial charge in [-0.3, -0.25) is 0 Å². The van der Waals surface area contributed by atoms with Crippen molar-refractivity contribution in [3.63, 3.8) is 0 Å². The van der Waals surface area contributed by atoms with Gasteiger partial charge in [0.25, 0.3) is 0 Å². The van der Waals surface area contributed by atoms with Gasteiger partial charge in [-0.1, -0.05) is 35.9 Å². The first-order chi connectivity index (χ1) is 11.5. The molecule has 0 unspecified atom stereocenters. The number of nitrogens with zero attached hydrogens (tertiary/aromatic N) is 1. The molecule has 0 radical (unpaired) electrons. The van der Waals surface area contributed by atoms with E-state index >= 15 is 0 Å². The molecule has 0 bridgehead atoms. The summed E-state index contributed by atoms with van der Waals surface area (Å²) in [5.41, 5.74) is 2.94. The summed E-state index contributed by atoms with van der Waals surface area (Å²) in [5, 5.41) is 11.6. The fourth-order valence-corrected chi connectivity index (χ4v) is 3.20.